The fourth-order valence-electron chi connectivity index (χ4n) is 1.83. The Balaban J connectivity index is 2.57. The molecule has 0 saturated carbocycles. The number of hydrogen-bond donors (Lipinski definition) is 2. The molecule has 1 aromatic rings. The number of carbonyl (C=O) groups is 1. The molecule has 2 N–H and O–H groups in total. The number of anilines is 1. The summed E-state index contributed by atoms with van der Waals surface area (Å²) in [5, 5.41) is 23.3. The Morgan fingerprint density at radius 2 is 2.12 bits per heavy atom. The summed E-state index contributed by atoms with van der Waals surface area (Å²) < 4.78 is 0. The maximum Gasteiger partial charge on any atom is 0.268 e. The Morgan fingerprint density at radius 1 is 1.50 bits per heavy atom. The molecular weight excluding hydrogens is 212 g/mol. The highest BCUT2D eigenvalue weighted by molar-refractivity contribution is 6.05. The van der Waals surface area contributed by atoms with Crippen LogP contribution in [0, 0.1) is 10.1 Å². The van der Waals surface area contributed by atoms with Crippen molar-refractivity contribution in [1.82, 2.24) is 0 Å². The molecule has 0 radical (unpaired) electrons. The van der Waals surface area contributed by atoms with E-state index in [4.69, 9.17) is 0 Å². The number of fused-ring (bicyclic) bond motifs is 1. The van der Waals surface area contributed by atoms with Gasteiger partial charge in [0, 0.05) is 23.1 Å². The number of nitro groups is 1. The fraction of sp³-hybridized carbons (Fsp3) is 0.300. The summed E-state index contributed by atoms with van der Waals surface area (Å²) in [4.78, 5) is 21.7. The molecule has 0 aromatic heterocycles. The van der Waals surface area contributed by atoms with Gasteiger partial charge in [-0.2, -0.15) is 0 Å². The third-order valence-electron chi connectivity index (χ3n) is 2.85. The summed E-state index contributed by atoms with van der Waals surface area (Å²) in [5.74, 6) is -0.752. The lowest BCUT2D eigenvalue weighted by Crippen LogP contribution is -2.47. The number of aliphatic hydroxyl groups is 1. The second-order valence-corrected chi connectivity index (χ2v) is 3.73. The average Bonchev–Trinajstić information content (AvgIpc) is 2.52. The molecule has 1 amide bonds. The van der Waals surface area contributed by atoms with Crippen LogP contribution in [0.25, 0.3) is 0 Å². The van der Waals surface area contributed by atoms with Gasteiger partial charge in [-0.25, -0.2) is 0 Å². The fourth-order valence-corrected chi connectivity index (χ4v) is 1.83. The van der Waals surface area contributed by atoms with Crippen LogP contribution in [-0.2, 0) is 10.4 Å². The SMILES string of the molecule is CC([N+](=O)[O-])C1(O)C(=O)Nc2ccccc21. The van der Waals surface area contributed by atoms with Crippen molar-refractivity contribution in [3.8, 4) is 0 Å². The molecule has 6 heteroatoms. The van der Waals surface area contributed by atoms with Gasteiger partial charge < -0.3 is 10.4 Å². The number of rotatable bonds is 2. The minimum Gasteiger partial charge on any atom is -0.370 e. The lowest BCUT2D eigenvalue weighted by Gasteiger charge is -2.21. The predicted molar refractivity (Wildman–Crippen MR) is 55.4 cm³/mol. The lowest BCUT2D eigenvalue weighted by molar-refractivity contribution is -0.538. The molecule has 1 aliphatic rings. The monoisotopic (exact) mass is 222 g/mol. The number of benzene rings is 1. The second-order valence-electron chi connectivity index (χ2n) is 3.73. The number of carbonyl (C=O) groups excluding carboxylic acids is 1. The van der Waals surface area contributed by atoms with Crippen molar-refractivity contribution in [1.29, 1.82) is 0 Å². The van der Waals surface area contributed by atoms with Crippen molar-refractivity contribution < 1.29 is 14.8 Å². The topological polar surface area (TPSA) is 92.5 Å². The van der Waals surface area contributed by atoms with Crippen molar-refractivity contribution in [3.63, 3.8) is 0 Å². The van der Waals surface area contributed by atoms with Gasteiger partial charge in [0.25, 0.3) is 11.9 Å². The molecule has 2 rings (SSSR count). The van der Waals surface area contributed by atoms with E-state index >= 15 is 0 Å². The molecule has 0 spiro atoms. The Kier molecular flexibility index (Phi) is 2.16. The Morgan fingerprint density at radius 3 is 2.75 bits per heavy atom. The lowest BCUT2D eigenvalue weighted by atomic mass is 9.89. The van der Waals surface area contributed by atoms with Crippen LogP contribution >= 0.6 is 0 Å². The number of para-hydroxylation sites is 1. The number of nitrogens with one attached hydrogen (secondary N) is 1. The van der Waals surface area contributed by atoms with Crippen LogP contribution in [-0.4, -0.2) is 22.0 Å². The molecule has 6 nitrogen and oxygen atoms in total. The first-order valence-electron chi connectivity index (χ1n) is 4.74. The Bertz CT molecular complexity index is 474. The smallest absolute Gasteiger partial charge is 0.268 e. The zero-order valence-electron chi connectivity index (χ0n) is 8.51. The predicted octanol–water partition coefficient (Wildman–Crippen LogP) is 0.491. The van der Waals surface area contributed by atoms with Crippen LogP contribution in [0.15, 0.2) is 24.3 Å². The third kappa shape index (κ3) is 1.20. The number of hydrogen-bond acceptors (Lipinski definition) is 4. The summed E-state index contributed by atoms with van der Waals surface area (Å²) in [6.45, 7) is 1.21. The first kappa shape index (κ1) is 10.6. The average molecular weight is 222 g/mol. The van der Waals surface area contributed by atoms with E-state index in [1.54, 1.807) is 18.2 Å². The quantitative estimate of drug-likeness (QED) is 0.562. The van der Waals surface area contributed by atoms with Crippen LogP contribution in [0.5, 0.6) is 0 Å². The van der Waals surface area contributed by atoms with Crippen molar-refractivity contribution in [2.45, 2.75) is 18.6 Å². The van der Waals surface area contributed by atoms with Crippen molar-refractivity contribution >= 4 is 11.6 Å². The highest BCUT2D eigenvalue weighted by atomic mass is 16.6. The largest absolute Gasteiger partial charge is 0.370 e. The molecule has 1 heterocycles. The zero-order chi connectivity index (χ0) is 11.9. The summed E-state index contributed by atoms with van der Waals surface area (Å²) in [5.41, 5.74) is -1.41. The highest BCUT2D eigenvalue weighted by Crippen LogP contribution is 2.38. The maximum absolute atomic E-state index is 11.6. The standard InChI is InChI=1S/C10H10N2O4/c1-6(12(15)16)10(14)7-4-2-3-5-8(7)11-9(10)13/h2-6,14H,1H3,(H,11,13). The van der Waals surface area contributed by atoms with Crippen molar-refractivity contribution in [2.75, 3.05) is 5.32 Å². The normalized spacial score (nSPS) is 24.8. The zero-order valence-corrected chi connectivity index (χ0v) is 8.51. The van der Waals surface area contributed by atoms with Crippen LogP contribution in [0.2, 0.25) is 0 Å². The van der Waals surface area contributed by atoms with Gasteiger partial charge in [-0.05, 0) is 6.07 Å². The number of amides is 1. The second kappa shape index (κ2) is 3.28. The molecule has 2 unspecified atom stereocenters. The molecule has 84 valence electrons. The van der Waals surface area contributed by atoms with E-state index in [1.165, 1.54) is 13.0 Å². The Labute approximate surface area is 91.0 Å². The van der Waals surface area contributed by atoms with Crippen LogP contribution in [0.3, 0.4) is 0 Å². The van der Waals surface area contributed by atoms with Gasteiger partial charge in [0.2, 0.25) is 5.60 Å². The maximum atomic E-state index is 11.6. The van der Waals surface area contributed by atoms with E-state index < -0.39 is 22.5 Å². The van der Waals surface area contributed by atoms with Crippen LogP contribution in [0.1, 0.15) is 12.5 Å². The van der Waals surface area contributed by atoms with Gasteiger partial charge in [0.15, 0.2) is 0 Å². The van der Waals surface area contributed by atoms with Gasteiger partial charge in [0.05, 0.1) is 0 Å². The summed E-state index contributed by atoms with van der Waals surface area (Å²) in [6.07, 6.45) is 0. The molecule has 0 fully saturated rings. The van der Waals surface area contributed by atoms with Gasteiger partial charge >= 0.3 is 0 Å². The van der Waals surface area contributed by atoms with E-state index in [-0.39, 0.29) is 5.56 Å². The van der Waals surface area contributed by atoms with E-state index in [1.807, 2.05) is 0 Å². The van der Waals surface area contributed by atoms with Crippen LogP contribution < -0.4 is 5.32 Å². The first-order chi connectivity index (χ1) is 7.48. The van der Waals surface area contributed by atoms with E-state index in [0.29, 0.717) is 5.69 Å². The molecule has 0 aliphatic carbocycles. The molecule has 0 bridgehead atoms. The molecule has 0 saturated heterocycles. The van der Waals surface area contributed by atoms with E-state index in [2.05, 4.69) is 5.32 Å². The van der Waals surface area contributed by atoms with Gasteiger partial charge in [-0.1, -0.05) is 18.2 Å². The molecule has 2 atom stereocenters. The molecule has 16 heavy (non-hydrogen) atoms. The summed E-state index contributed by atoms with van der Waals surface area (Å²) in [7, 11) is 0. The summed E-state index contributed by atoms with van der Waals surface area (Å²) in [6, 6.07) is 5.01. The van der Waals surface area contributed by atoms with E-state index in [9.17, 15) is 20.0 Å². The van der Waals surface area contributed by atoms with Gasteiger partial charge in [-0.15, -0.1) is 0 Å². The van der Waals surface area contributed by atoms with Crippen molar-refractivity contribution in [3.05, 3.63) is 39.9 Å². The van der Waals surface area contributed by atoms with E-state index in [0.717, 1.165) is 0 Å². The highest BCUT2D eigenvalue weighted by Gasteiger charge is 2.55. The first-order valence-corrected chi connectivity index (χ1v) is 4.74. The Hall–Kier alpha value is -1.95. The van der Waals surface area contributed by atoms with Crippen molar-refractivity contribution in [2.24, 2.45) is 0 Å². The van der Waals surface area contributed by atoms with Gasteiger partial charge in [-0.3, -0.25) is 14.9 Å². The minimum absolute atomic E-state index is 0.254. The summed E-state index contributed by atoms with van der Waals surface area (Å²) >= 11 is 0. The molecule has 1 aliphatic heterocycles. The third-order valence-corrected chi connectivity index (χ3v) is 2.85. The van der Waals surface area contributed by atoms with Gasteiger partial charge in [0.1, 0.15) is 0 Å². The minimum atomic E-state index is -2.08. The van der Waals surface area contributed by atoms with Crippen LogP contribution in [0.4, 0.5) is 5.69 Å². The molecule has 1 aromatic carbocycles. The number of nitrogens with zero attached hydrogens (tertiary/aromatic N) is 1. The molecular formula is C10H10N2O4.